The molecule has 5 rings (SSSR count). The molecular weight excluding hydrogens is 532 g/mol. The van der Waals surface area contributed by atoms with Crippen LogP contribution in [-0.2, 0) is 23.1 Å². The molecule has 4 aromatic rings. The van der Waals surface area contributed by atoms with Gasteiger partial charge >= 0.3 is 5.97 Å². The number of aromatic nitrogens is 3. The van der Waals surface area contributed by atoms with E-state index in [1.807, 2.05) is 43.3 Å². The number of aryl methyl sites for hydroxylation is 2. The van der Waals surface area contributed by atoms with E-state index in [-0.39, 0.29) is 24.9 Å². The lowest BCUT2D eigenvalue weighted by atomic mass is 9.86. The molecule has 0 aliphatic carbocycles. The first-order valence-electron chi connectivity index (χ1n) is 13.1. The minimum absolute atomic E-state index is 0.116. The molecule has 0 fully saturated rings. The normalized spacial score (nSPS) is 16.4. The van der Waals surface area contributed by atoms with Gasteiger partial charge in [0.05, 0.1) is 26.7 Å². The zero-order valence-corrected chi connectivity index (χ0v) is 23.9. The Bertz CT molecular complexity index is 1540. The second kappa shape index (κ2) is 11.5. The highest BCUT2D eigenvalue weighted by Gasteiger charge is 2.32. The Morgan fingerprint density at radius 2 is 1.95 bits per heavy atom. The van der Waals surface area contributed by atoms with Crippen LogP contribution < -0.4 is 9.47 Å². The third-order valence-electron chi connectivity index (χ3n) is 7.21. The van der Waals surface area contributed by atoms with E-state index in [4.69, 9.17) is 14.2 Å². The third-order valence-corrected chi connectivity index (χ3v) is 9.17. The zero-order valence-electron chi connectivity index (χ0n) is 23.0. The van der Waals surface area contributed by atoms with Crippen molar-refractivity contribution in [1.29, 1.82) is 0 Å². The molecule has 1 unspecified atom stereocenters. The van der Waals surface area contributed by atoms with Crippen molar-refractivity contribution in [1.82, 2.24) is 19.3 Å². The molecule has 1 aromatic heterocycles. The molecule has 3 aromatic carbocycles. The van der Waals surface area contributed by atoms with Crippen molar-refractivity contribution in [3.8, 4) is 11.5 Å². The fourth-order valence-electron chi connectivity index (χ4n) is 5.10. The Balaban J connectivity index is 1.54. The Morgan fingerprint density at radius 1 is 1.15 bits per heavy atom. The number of benzene rings is 3. The van der Waals surface area contributed by atoms with E-state index < -0.39 is 10.8 Å². The van der Waals surface area contributed by atoms with E-state index >= 15 is 0 Å². The van der Waals surface area contributed by atoms with E-state index in [1.165, 1.54) is 0 Å². The summed E-state index contributed by atoms with van der Waals surface area (Å²) in [6.45, 7) is 5.02. The molecule has 2 N–H and O–H groups in total. The van der Waals surface area contributed by atoms with Gasteiger partial charge in [-0.25, -0.2) is 4.68 Å². The Morgan fingerprint density at radius 3 is 2.73 bits per heavy atom. The maximum absolute atomic E-state index is 12.8. The molecule has 0 spiro atoms. The Hall–Kier alpha value is -3.64. The number of nitrogens with zero attached hydrogens (tertiary/aromatic N) is 4. The fraction of sp³-hybridized carbons (Fsp3) is 0.345. The lowest BCUT2D eigenvalue weighted by Crippen LogP contribution is -2.29. The van der Waals surface area contributed by atoms with Crippen LogP contribution in [0.1, 0.15) is 41.5 Å². The number of hydrogen-bond acceptors (Lipinski definition) is 9. The van der Waals surface area contributed by atoms with Gasteiger partial charge in [0.1, 0.15) is 34.0 Å². The number of carbonyl (C=O) groups is 1. The standard InChI is InChI=1S/C29H34N4O6S/c1-5-38-28(34)17-23(21-15-24-29(26(16-21)37-4)32(3)31-30-24)20-11-10-19(2)22(14-20)18-33-12-13-39-25-8-6-7-9-27(25)40(33,35)36/h6-11,14-16,23,35-36H,5,12-13,17-18H2,1-4H3. The molecule has 0 radical (unpaired) electrons. The van der Waals surface area contributed by atoms with E-state index in [0.717, 1.165) is 27.8 Å². The highest BCUT2D eigenvalue weighted by Crippen LogP contribution is 2.56. The van der Waals surface area contributed by atoms with Gasteiger partial charge in [-0.1, -0.05) is 35.5 Å². The molecule has 0 saturated heterocycles. The van der Waals surface area contributed by atoms with Gasteiger partial charge in [0, 0.05) is 19.5 Å². The molecule has 212 valence electrons. The minimum Gasteiger partial charge on any atom is -0.494 e. The number of fused-ring (bicyclic) bond motifs is 2. The minimum atomic E-state index is -3.28. The van der Waals surface area contributed by atoms with Crippen LogP contribution in [0.2, 0.25) is 0 Å². The number of para-hydroxylation sites is 1. The first-order chi connectivity index (χ1) is 19.2. The molecule has 1 aliphatic rings. The van der Waals surface area contributed by atoms with Crippen LogP contribution in [-0.4, -0.2) is 61.2 Å². The monoisotopic (exact) mass is 566 g/mol. The van der Waals surface area contributed by atoms with Crippen molar-refractivity contribution in [2.24, 2.45) is 7.05 Å². The predicted octanol–water partition coefficient (Wildman–Crippen LogP) is 5.29. The molecule has 11 heteroatoms. The maximum Gasteiger partial charge on any atom is 0.306 e. The summed E-state index contributed by atoms with van der Waals surface area (Å²) in [6, 6.07) is 16.9. The molecule has 40 heavy (non-hydrogen) atoms. The molecule has 0 amide bonds. The van der Waals surface area contributed by atoms with Crippen LogP contribution in [0.25, 0.3) is 11.0 Å². The van der Waals surface area contributed by atoms with E-state index in [2.05, 4.69) is 10.3 Å². The second-order valence-corrected chi connectivity index (χ2v) is 11.7. The van der Waals surface area contributed by atoms with E-state index in [9.17, 15) is 13.9 Å². The number of esters is 1. The van der Waals surface area contributed by atoms with Crippen LogP contribution >= 0.6 is 10.8 Å². The van der Waals surface area contributed by atoms with Gasteiger partial charge in [-0.2, -0.15) is 4.31 Å². The summed E-state index contributed by atoms with van der Waals surface area (Å²) in [6.07, 6.45) is 0.116. The third kappa shape index (κ3) is 5.37. The van der Waals surface area contributed by atoms with Gasteiger partial charge in [0.15, 0.2) is 0 Å². The smallest absolute Gasteiger partial charge is 0.306 e. The first-order valence-corrected chi connectivity index (χ1v) is 14.6. The first kappa shape index (κ1) is 27.9. The van der Waals surface area contributed by atoms with Crippen molar-refractivity contribution in [3.63, 3.8) is 0 Å². The van der Waals surface area contributed by atoms with Crippen LogP contribution in [0.3, 0.4) is 0 Å². The molecular formula is C29H34N4O6S. The van der Waals surface area contributed by atoms with Crippen LogP contribution in [0.15, 0.2) is 59.5 Å². The Kier molecular flexibility index (Phi) is 7.99. The average Bonchev–Trinajstić information content (AvgIpc) is 3.26. The second-order valence-electron chi connectivity index (χ2n) is 9.73. The highest BCUT2D eigenvalue weighted by atomic mass is 32.3. The summed E-state index contributed by atoms with van der Waals surface area (Å²) in [4.78, 5) is 13.1. The fourth-order valence-corrected chi connectivity index (χ4v) is 6.69. The predicted molar refractivity (Wildman–Crippen MR) is 153 cm³/mol. The summed E-state index contributed by atoms with van der Waals surface area (Å²) in [5, 5.41) is 8.41. The lowest BCUT2D eigenvalue weighted by molar-refractivity contribution is -0.143. The molecule has 0 saturated carbocycles. The molecule has 1 aliphatic heterocycles. The molecule has 1 atom stereocenters. The van der Waals surface area contributed by atoms with Gasteiger partial charge in [0.2, 0.25) is 0 Å². The largest absolute Gasteiger partial charge is 0.494 e. The zero-order chi connectivity index (χ0) is 28.4. The average molecular weight is 567 g/mol. The van der Waals surface area contributed by atoms with Crippen LogP contribution in [0.4, 0.5) is 0 Å². The van der Waals surface area contributed by atoms with E-state index in [1.54, 1.807) is 48.3 Å². The maximum atomic E-state index is 12.8. The molecule has 2 heterocycles. The van der Waals surface area contributed by atoms with Gasteiger partial charge in [-0.15, -0.1) is 15.9 Å². The van der Waals surface area contributed by atoms with Crippen LogP contribution in [0, 0.1) is 6.92 Å². The summed E-state index contributed by atoms with van der Waals surface area (Å²) >= 11 is 0. The quantitative estimate of drug-likeness (QED) is 0.274. The van der Waals surface area contributed by atoms with Gasteiger partial charge in [-0.3, -0.25) is 13.9 Å². The van der Waals surface area contributed by atoms with E-state index in [0.29, 0.717) is 41.6 Å². The van der Waals surface area contributed by atoms with Crippen molar-refractivity contribution < 1.29 is 28.1 Å². The number of carbonyl (C=O) groups excluding carboxylic acids is 1. The van der Waals surface area contributed by atoms with Crippen LogP contribution in [0.5, 0.6) is 11.5 Å². The van der Waals surface area contributed by atoms with Crippen molar-refractivity contribution in [2.45, 2.75) is 37.6 Å². The number of ether oxygens (including phenoxy) is 3. The highest BCUT2D eigenvalue weighted by molar-refractivity contribution is 8.22. The summed E-state index contributed by atoms with van der Waals surface area (Å²) in [7, 11) is 0.120. The number of hydrogen-bond donors (Lipinski definition) is 2. The number of rotatable bonds is 8. The SMILES string of the molecule is CCOC(=O)CC(c1ccc(C)c(CN2CCOc3ccccc3S2(O)O)c1)c1cc(OC)c2c(c1)nnn2C. The van der Waals surface area contributed by atoms with Crippen molar-refractivity contribution >= 4 is 27.8 Å². The Labute approximate surface area is 234 Å². The van der Waals surface area contributed by atoms with Crippen molar-refractivity contribution in [2.75, 3.05) is 26.9 Å². The van der Waals surface area contributed by atoms with Crippen molar-refractivity contribution in [3.05, 3.63) is 76.9 Å². The van der Waals surface area contributed by atoms with Gasteiger partial charge in [0.25, 0.3) is 0 Å². The molecule has 0 bridgehead atoms. The topological polar surface area (TPSA) is 119 Å². The van der Waals surface area contributed by atoms with Gasteiger partial charge < -0.3 is 14.2 Å². The summed E-state index contributed by atoms with van der Waals surface area (Å²) < 4.78 is 42.7. The lowest BCUT2D eigenvalue weighted by Gasteiger charge is -2.41. The molecule has 10 nitrogen and oxygen atoms in total. The van der Waals surface area contributed by atoms with Gasteiger partial charge in [-0.05, 0) is 60.4 Å². The summed E-state index contributed by atoms with van der Waals surface area (Å²) in [5.74, 6) is 0.423. The number of methoxy groups -OCH3 is 1. The summed E-state index contributed by atoms with van der Waals surface area (Å²) in [5.41, 5.74) is 5.07.